The van der Waals surface area contributed by atoms with Gasteiger partial charge in [0.05, 0.1) is 9.21 Å². The molecule has 0 spiro atoms. The van der Waals surface area contributed by atoms with Gasteiger partial charge in [-0.15, -0.1) is 23.1 Å². The Bertz CT molecular complexity index is 534. The molecule has 2 aromatic rings. The molecule has 1 aromatic carbocycles. The van der Waals surface area contributed by atoms with E-state index in [2.05, 4.69) is 0 Å². The minimum atomic E-state index is -0.0548. The lowest BCUT2D eigenvalue weighted by Gasteiger charge is -2.05. The number of benzene rings is 1. The van der Waals surface area contributed by atoms with Crippen LogP contribution in [0.4, 0.5) is 0 Å². The monoisotopic (exact) mass is 298 g/mol. The van der Waals surface area contributed by atoms with Crippen LogP contribution >= 0.6 is 34.7 Å². The van der Waals surface area contributed by atoms with Crippen molar-refractivity contribution in [1.29, 1.82) is 0 Å². The molecule has 0 radical (unpaired) electrons. The first-order valence-corrected chi connectivity index (χ1v) is 7.66. The lowest BCUT2D eigenvalue weighted by atomic mass is 10.3. The van der Waals surface area contributed by atoms with Gasteiger partial charge in [0.25, 0.3) is 0 Å². The first kappa shape index (κ1) is 13.5. The van der Waals surface area contributed by atoms with Gasteiger partial charge in [0.1, 0.15) is 5.75 Å². The number of carbonyl (C=O) groups excluding carboxylic acids is 1. The normalized spacial score (nSPS) is 10.3. The van der Waals surface area contributed by atoms with Crippen molar-refractivity contribution in [2.45, 2.75) is 4.90 Å². The molecular weight excluding hydrogens is 288 g/mol. The Morgan fingerprint density at radius 2 is 2.00 bits per heavy atom. The number of thiophene rings is 1. The molecule has 5 heteroatoms. The summed E-state index contributed by atoms with van der Waals surface area (Å²) < 4.78 is 6.05. The summed E-state index contributed by atoms with van der Waals surface area (Å²) in [5.41, 5.74) is 0. The molecule has 0 aliphatic carbocycles. The van der Waals surface area contributed by atoms with Gasteiger partial charge in [-0.05, 0) is 42.7 Å². The van der Waals surface area contributed by atoms with E-state index in [0.29, 0.717) is 15.0 Å². The van der Waals surface area contributed by atoms with Gasteiger partial charge < -0.3 is 4.74 Å². The minimum absolute atomic E-state index is 0.0372. The van der Waals surface area contributed by atoms with Crippen LogP contribution in [0.3, 0.4) is 0 Å². The van der Waals surface area contributed by atoms with E-state index in [1.807, 2.05) is 30.5 Å². The predicted octanol–water partition coefficient (Wildman–Crippen LogP) is 4.39. The highest BCUT2D eigenvalue weighted by molar-refractivity contribution is 7.98. The number of hydrogen-bond donors (Lipinski definition) is 0. The van der Waals surface area contributed by atoms with Gasteiger partial charge in [-0.3, -0.25) is 4.79 Å². The Labute approximate surface area is 119 Å². The number of halogens is 1. The Hall–Kier alpha value is -0.970. The first-order valence-electron chi connectivity index (χ1n) is 5.24. The second kappa shape index (κ2) is 6.27. The van der Waals surface area contributed by atoms with Crippen molar-refractivity contribution in [1.82, 2.24) is 0 Å². The van der Waals surface area contributed by atoms with Crippen LogP contribution < -0.4 is 4.74 Å². The molecule has 94 valence electrons. The zero-order valence-corrected chi connectivity index (χ0v) is 12.1. The summed E-state index contributed by atoms with van der Waals surface area (Å²) in [7, 11) is 0. The second-order valence-electron chi connectivity index (χ2n) is 3.49. The molecule has 0 fully saturated rings. The number of ketones is 1. The summed E-state index contributed by atoms with van der Waals surface area (Å²) in [6, 6.07) is 11.1. The Morgan fingerprint density at radius 1 is 1.28 bits per heavy atom. The highest BCUT2D eigenvalue weighted by atomic mass is 35.5. The molecular formula is C13H11ClO2S2. The van der Waals surface area contributed by atoms with E-state index in [-0.39, 0.29) is 12.4 Å². The van der Waals surface area contributed by atoms with Crippen LogP contribution in [0.5, 0.6) is 5.75 Å². The highest BCUT2D eigenvalue weighted by Gasteiger charge is 2.09. The van der Waals surface area contributed by atoms with Crippen LogP contribution in [0.25, 0.3) is 0 Å². The predicted molar refractivity (Wildman–Crippen MR) is 77.4 cm³/mol. The number of thioether (sulfide) groups is 1. The van der Waals surface area contributed by atoms with Crippen molar-refractivity contribution in [2.24, 2.45) is 0 Å². The van der Waals surface area contributed by atoms with Crippen molar-refractivity contribution >= 4 is 40.5 Å². The van der Waals surface area contributed by atoms with E-state index >= 15 is 0 Å². The summed E-state index contributed by atoms with van der Waals surface area (Å²) >= 11 is 8.71. The summed E-state index contributed by atoms with van der Waals surface area (Å²) in [5, 5.41) is 0. The maximum absolute atomic E-state index is 11.8. The fourth-order valence-electron chi connectivity index (χ4n) is 1.36. The van der Waals surface area contributed by atoms with Crippen molar-refractivity contribution in [3.63, 3.8) is 0 Å². The Morgan fingerprint density at radius 3 is 2.56 bits per heavy atom. The smallest absolute Gasteiger partial charge is 0.210 e. The molecule has 0 unspecified atom stereocenters. The number of Topliss-reactive ketones (excluding diaryl/α,β-unsaturated/α-hetero) is 1. The second-order valence-corrected chi connectivity index (χ2v) is 6.09. The standard InChI is InChI=1S/C13H11ClO2S2/c1-17-10-4-2-9(3-5-10)16-8-11(15)12-6-7-13(14)18-12/h2-7H,8H2,1H3. The molecule has 18 heavy (non-hydrogen) atoms. The van der Waals surface area contributed by atoms with Crippen molar-refractivity contribution in [3.8, 4) is 5.75 Å². The SMILES string of the molecule is CSc1ccc(OCC(=O)c2ccc(Cl)s2)cc1. The first-order chi connectivity index (χ1) is 8.69. The van der Waals surface area contributed by atoms with Gasteiger partial charge in [-0.25, -0.2) is 0 Å². The maximum atomic E-state index is 11.8. The largest absolute Gasteiger partial charge is 0.485 e. The molecule has 0 aliphatic rings. The van der Waals surface area contributed by atoms with E-state index in [1.165, 1.54) is 16.2 Å². The average Bonchev–Trinajstić information content (AvgIpc) is 2.83. The Kier molecular flexibility index (Phi) is 4.69. The number of hydrogen-bond acceptors (Lipinski definition) is 4. The van der Waals surface area contributed by atoms with Gasteiger partial charge in [0, 0.05) is 4.90 Å². The summed E-state index contributed by atoms with van der Waals surface area (Å²) in [5.74, 6) is 0.643. The molecule has 0 saturated heterocycles. The van der Waals surface area contributed by atoms with Crippen LogP contribution in [0.2, 0.25) is 4.34 Å². The molecule has 1 aromatic heterocycles. The number of carbonyl (C=O) groups is 1. The van der Waals surface area contributed by atoms with Crippen molar-refractivity contribution in [3.05, 3.63) is 45.6 Å². The summed E-state index contributed by atoms with van der Waals surface area (Å²) in [4.78, 5) is 13.6. The van der Waals surface area contributed by atoms with E-state index in [9.17, 15) is 4.79 Å². The van der Waals surface area contributed by atoms with Crippen LogP contribution in [-0.4, -0.2) is 18.6 Å². The fourth-order valence-corrected chi connectivity index (χ4v) is 2.73. The molecule has 2 rings (SSSR count). The van der Waals surface area contributed by atoms with E-state index < -0.39 is 0 Å². The number of rotatable bonds is 5. The van der Waals surface area contributed by atoms with E-state index in [1.54, 1.807) is 23.9 Å². The van der Waals surface area contributed by atoms with Gasteiger partial charge >= 0.3 is 0 Å². The number of ether oxygens (including phenoxy) is 1. The summed E-state index contributed by atoms with van der Waals surface area (Å²) in [6.07, 6.45) is 2.01. The van der Waals surface area contributed by atoms with Gasteiger partial charge in [-0.2, -0.15) is 0 Å². The van der Waals surface area contributed by atoms with E-state index in [4.69, 9.17) is 16.3 Å². The highest BCUT2D eigenvalue weighted by Crippen LogP contribution is 2.22. The molecule has 0 amide bonds. The molecule has 2 nitrogen and oxygen atoms in total. The van der Waals surface area contributed by atoms with E-state index in [0.717, 1.165) is 0 Å². The van der Waals surface area contributed by atoms with Crippen molar-refractivity contribution in [2.75, 3.05) is 12.9 Å². The maximum Gasteiger partial charge on any atom is 0.210 e. The molecule has 0 aliphatic heterocycles. The summed E-state index contributed by atoms with van der Waals surface area (Å²) in [6.45, 7) is 0.0372. The van der Waals surface area contributed by atoms with Gasteiger partial charge in [0.2, 0.25) is 5.78 Å². The quantitative estimate of drug-likeness (QED) is 0.605. The van der Waals surface area contributed by atoms with Gasteiger partial charge in [0.15, 0.2) is 6.61 Å². The zero-order valence-electron chi connectivity index (χ0n) is 9.68. The lowest BCUT2D eigenvalue weighted by molar-refractivity contribution is 0.0925. The van der Waals surface area contributed by atoms with Crippen LogP contribution in [0.15, 0.2) is 41.3 Å². The topological polar surface area (TPSA) is 26.3 Å². The third kappa shape index (κ3) is 3.51. The lowest BCUT2D eigenvalue weighted by Crippen LogP contribution is -2.09. The third-order valence-corrected chi connectivity index (χ3v) is 4.29. The minimum Gasteiger partial charge on any atom is -0.485 e. The van der Waals surface area contributed by atoms with Gasteiger partial charge in [-0.1, -0.05) is 11.6 Å². The van der Waals surface area contributed by atoms with Crippen molar-refractivity contribution < 1.29 is 9.53 Å². The molecule has 0 N–H and O–H groups in total. The Balaban J connectivity index is 1.92. The molecule has 0 atom stereocenters. The van der Waals surface area contributed by atoms with Crippen LogP contribution in [0, 0.1) is 0 Å². The van der Waals surface area contributed by atoms with Crippen LogP contribution in [-0.2, 0) is 0 Å². The molecule has 0 saturated carbocycles. The molecule has 1 heterocycles. The van der Waals surface area contributed by atoms with Crippen LogP contribution in [0.1, 0.15) is 9.67 Å². The zero-order chi connectivity index (χ0) is 13.0. The fraction of sp³-hybridized carbons (Fsp3) is 0.154. The average molecular weight is 299 g/mol. The third-order valence-electron chi connectivity index (χ3n) is 2.28. The molecule has 0 bridgehead atoms.